The van der Waals surface area contributed by atoms with Crippen molar-refractivity contribution in [2.75, 3.05) is 27.2 Å². The molecule has 0 aromatic carbocycles. The van der Waals surface area contributed by atoms with Gasteiger partial charge in [-0.2, -0.15) is 0 Å². The van der Waals surface area contributed by atoms with Crippen molar-refractivity contribution < 1.29 is 13.5 Å². The largest absolute Gasteiger partial charge is 0.374 e. The number of hydrogen-bond acceptors (Lipinski definition) is 2. The molecule has 66 valence electrons. The predicted molar refractivity (Wildman–Crippen MR) is 37.9 cm³/mol. The fraction of sp³-hybridized carbons (Fsp3) is 1.00. The van der Waals surface area contributed by atoms with Gasteiger partial charge in [0.1, 0.15) is 6.10 Å². The SMILES string of the molecule is COC1CN(C)CCC1(F)F. The molecule has 1 heterocycles. The van der Waals surface area contributed by atoms with E-state index in [4.69, 9.17) is 0 Å². The van der Waals surface area contributed by atoms with Crippen LogP contribution in [0.15, 0.2) is 0 Å². The van der Waals surface area contributed by atoms with Crippen LogP contribution in [-0.4, -0.2) is 44.2 Å². The van der Waals surface area contributed by atoms with Crippen LogP contribution in [0.2, 0.25) is 0 Å². The fourth-order valence-corrected chi connectivity index (χ4v) is 1.26. The zero-order chi connectivity index (χ0) is 8.48. The number of piperidine rings is 1. The highest BCUT2D eigenvalue weighted by atomic mass is 19.3. The lowest BCUT2D eigenvalue weighted by molar-refractivity contribution is -0.157. The van der Waals surface area contributed by atoms with Crippen molar-refractivity contribution >= 4 is 0 Å². The van der Waals surface area contributed by atoms with Gasteiger partial charge in [-0.05, 0) is 7.05 Å². The highest BCUT2D eigenvalue weighted by molar-refractivity contribution is 4.85. The molecule has 0 radical (unpaired) electrons. The minimum absolute atomic E-state index is 0.0952. The van der Waals surface area contributed by atoms with Crippen LogP contribution < -0.4 is 0 Å². The van der Waals surface area contributed by atoms with Gasteiger partial charge in [0.15, 0.2) is 0 Å². The van der Waals surface area contributed by atoms with Gasteiger partial charge in [-0.3, -0.25) is 0 Å². The van der Waals surface area contributed by atoms with E-state index in [1.807, 2.05) is 11.9 Å². The standard InChI is InChI=1S/C7H13F2NO/c1-10-4-3-7(8,9)6(5-10)11-2/h6H,3-5H2,1-2H3. The Labute approximate surface area is 65.1 Å². The molecular weight excluding hydrogens is 152 g/mol. The Hall–Kier alpha value is -0.220. The Morgan fingerprint density at radius 1 is 1.55 bits per heavy atom. The van der Waals surface area contributed by atoms with Crippen LogP contribution in [0.1, 0.15) is 6.42 Å². The molecule has 0 bridgehead atoms. The topological polar surface area (TPSA) is 12.5 Å². The zero-order valence-corrected chi connectivity index (χ0v) is 6.81. The van der Waals surface area contributed by atoms with E-state index in [1.54, 1.807) is 0 Å². The lowest BCUT2D eigenvalue weighted by Crippen LogP contribution is -2.50. The third-order valence-corrected chi connectivity index (χ3v) is 2.06. The number of rotatable bonds is 1. The lowest BCUT2D eigenvalue weighted by Gasteiger charge is -2.35. The first-order chi connectivity index (χ1) is 5.06. The number of likely N-dealkylation sites (N-methyl/N-ethyl adjacent to an activating group) is 1. The summed E-state index contributed by atoms with van der Waals surface area (Å²) in [6, 6.07) is 0. The molecule has 0 spiro atoms. The summed E-state index contributed by atoms with van der Waals surface area (Å²) in [7, 11) is 3.15. The Kier molecular flexibility index (Phi) is 2.44. The third kappa shape index (κ3) is 1.87. The van der Waals surface area contributed by atoms with Gasteiger partial charge >= 0.3 is 0 Å². The van der Waals surface area contributed by atoms with Crippen LogP contribution in [-0.2, 0) is 4.74 Å². The smallest absolute Gasteiger partial charge is 0.276 e. The van der Waals surface area contributed by atoms with Crippen molar-refractivity contribution in [2.24, 2.45) is 0 Å². The quantitative estimate of drug-likeness (QED) is 0.574. The van der Waals surface area contributed by atoms with Crippen LogP contribution in [0.3, 0.4) is 0 Å². The maximum absolute atomic E-state index is 12.9. The van der Waals surface area contributed by atoms with Crippen LogP contribution in [0.25, 0.3) is 0 Å². The van der Waals surface area contributed by atoms with Crippen molar-refractivity contribution in [3.63, 3.8) is 0 Å². The molecule has 1 aliphatic heterocycles. The number of alkyl halides is 2. The zero-order valence-electron chi connectivity index (χ0n) is 6.81. The normalized spacial score (nSPS) is 32.2. The molecule has 2 nitrogen and oxygen atoms in total. The van der Waals surface area contributed by atoms with E-state index in [0.29, 0.717) is 13.1 Å². The molecule has 11 heavy (non-hydrogen) atoms. The first-order valence-corrected chi connectivity index (χ1v) is 3.65. The minimum Gasteiger partial charge on any atom is -0.374 e. The summed E-state index contributed by atoms with van der Waals surface area (Å²) >= 11 is 0. The van der Waals surface area contributed by atoms with Crippen LogP contribution in [0, 0.1) is 0 Å². The summed E-state index contributed by atoms with van der Waals surface area (Å²) in [6.07, 6.45) is -1.02. The first-order valence-electron chi connectivity index (χ1n) is 3.65. The summed E-state index contributed by atoms with van der Waals surface area (Å²) in [5, 5.41) is 0. The summed E-state index contributed by atoms with van der Waals surface area (Å²) < 4.78 is 30.5. The molecule has 0 amide bonds. The first kappa shape index (κ1) is 8.87. The molecule has 4 heteroatoms. The van der Waals surface area contributed by atoms with Gasteiger partial charge in [-0.1, -0.05) is 0 Å². The number of nitrogens with zero attached hydrogens (tertiary/aromatic N) is 1. The second-order valence-corrected chi connectivity index (χ2v) is 3.00. The highest BCUT2D eigenvalue weighted by Gasteiger charge is 2.43. The number of hydrogen-bond donors (Lipinski definition) is 0. The van der Waals surface area contributed by atoms with E-state index >= 15 is 0 Å². The number of halogens is 2. The molecular formula is C7H13F2NO. The van der Waals surface area contributed by atoms with Crippen LogP contribution in [0.4, 0.5) is 8.78 Å². The summed E-state index contributed by atoms with van der Waals surface area (Å²) in [5.74, 6) is -2.64. The van der Waals surface area contributed by atoms with Gasteiger partial charge in [-0.25, -0.2) is 8.78 Å². The van der Waals surface area contributed by atoms with Gasteiger partial charge in [-0.15, -0.1) is 0 Å². The van der Waals surface area contributed by atoms with E-state index < -0.39 is 12.0 Å². The van der Waals surface area contributed by atoms with Crippen molar-refractivity contribution in [3.8, 4) is 0 Å². The fourth-order valence-electron chi connectivity index (χ4n) is 1.26. The van der Waals surface area contributed by atoms with Crippen molar-refractivity contribution in [2.45, 2.75) is 18.4 Å². The van der Waals surface area contributed by atoms with Gasteiger partial charge in [0.2, 0.25) is 0 Å². The van der Waals surface area contributed by atoms with Crippen molar-refractivity contribution in [1.82, 2.24) is 4.90 Å². The highest BCUT2D eigenvalue weighted by Crippen LogP contribution is 2.29. The molecule has 0 aliphatic carbocycles. The molecule has 1 saturated heterocycles. The van der Waals surface area contributed by atoms with E-state index in [1.165, 1.54) is 7.11 Å². The van der Waals surface area contributed by atoms with Crippen molar-refractivity contribution in [1.29, 1.82) is 0 Å². The number of methoxy groups -OCH3 is 1. The van der Waals surface area contributed by atoms with Crippen LogP contribution in [0.5, 0.6) is 0 Å². The van der Waals surface area contributed by atoms with E-state index in [9.17, 15) is 8.78 Å². The average molecular weight is 165 g/mol. The van der Waals surface area contributed by atoms with Gasteiger partial charge < -0.3 is 9.64 Å². The molecule has 1 atom stereocenters. The minimum atomic E-state index is -2.64. The summed E-state index contributed by atoms with van der Waals surface area (Å²) in [4.78, 5) is 1.85. The molecule has 0 N–H and O–H groups in total. The molecule has 0 aromatic rings. The second-order valence-electron chi connectivity index (χ2n) is 3.00. The third-order valence-electron chi connectivity index (χ3n) is 2.06. The summed E-state index contributed by atoms with van der Waals surface area (Å²) in [6.45, 7) is 0.774. The Morgan fingerprint density at radius 2 is 2.18 bits per heavy atom. The maximum Gasteiger partial charge on any atom is 0.276 e. The predicted octanol–water partition coefficient (Wildman–Crippen LogP) is 0.972. The molecule has 0 aromatic heterocycles. The van der Waals surface area contributed by atoms with E-state index in [2.05, 4.69) is 4.74 Å². The van der Waals surface area contributed by atoms with Gasteiger partial charge in [0.05, 0.1) is 0 Å². The van der Waals surface area contributed by atoms with Crippen LogP contribution >= 0.6 is 0 Å². The average Bonchev–Trinajstić information content (AvgIpc) is 1.94. The Bertz CT molecular complexity index is 140. The van der Waals surface area contributed by atoms with Crippen molar-refractivity contribution in [3.05, 3.63) is 0 Å². The number of likely N-dealkylation sites (tertiary alicyclic amines) is 1. The summed E-state index contributed by atoms with van der Waals surface area (Å²) in [5.41, 5.74) is 0. The Morgan fingerprint density at radius 3 is 2.64 bits per heavy atom. The number of ether oxygens (including phenoxy) is 1. The molecule has 1 rings (SSSR count). The molecule has 1 fully saturated rings. The second kappa shape index (κ2) is 3.03. The molecule has 0 saturated carbocycles. The Balaban J connectivity index is 2.56. The van der Waals surface area contributed by atoms with Gasteiger partial charge in [0.25, 0.3) is 5.92 Å². The maximum atomic E-state index is 12.9. The molecule has 1 unspecified atom stereocenters. The van der Waals surface area contributed by atoms with E-state index in [0.717, 1.165) is 0 Å². The monoisotopic (exact) mass is 165 g/mol. The van der Waals surface area contributed by atoms with Gasteiger partial charge in [0, 0.05) is 26.6 Å². The molecule has 1 aliphatic rings. The van der Waals surface area contributed by atoms with E-state index in [-0.39, 0.29) is 6.42 Å². The lowest BCUT2D eigenvalue weighted by atomic mass is 10.0.